The number of aliphatic hydroxyl groups excluding tert-OH is 2. The molecule has 0 radical (unpaired) electrons. The minimum Gasteiger partial charge on any atom is -0.488 e. The molecule has 31 heavy (non-hydrogen) atoms. The van der Waals surface area contributed by atoms with Crippen LogP contribution in [0.25, 0.3) is 16.6 Å². The molecule has 6 N–H and O–H groups in total. The summed E-state index contributed by atoms with van der Waals surface area (Å²) in [7, 11) is 0. The molecule has 0 aliphatic carbocycles. The predicted octanol–water partition coefficient (Wildman–Crippen LogP) is 1.06. The van der Waals surface area contributed by atoms with Crippen molar-refractivity contribution < 1.29 is 19.7 Å². The van der Waals surface area contributed by atoms with Crippen LogP contribution in [0.1, 0.15) is 28.9 Å². The molecule has 1 aromatic carbocycles. The Morgan fingerprint density at radius 3 is 3.06 bits per heavy atom. The molecular formula is C19H20ClN7O4. The van der Waals surface area contributed by atoms with Crippen LogP contribution in [-0.4, -0.2) is 60.2 Å². The van der Waals surface area contributed by atoms with E-state index >= 15 is 0 Å². The van der Waals surface area contributed by atoms with E-state index in [9.17, 15) is 9.90 Å². The number of aliphatic hydroxyl groups is 2. The quantitative estimate of drug-likeness (QED) is 0.282. The summed E-state index contributed by atoms with van der Waals surface area (Å²) in [5, 5.41) is 33.6. The van der Waals surface area contributed by atoms with Crippen LogP contribution in [0.4, 0.5) is 5.82 Å². The lowest BCUT2D eigenvalue weighted by Crippen LogP contribution is -2.28. The van der Waals surface area contributed by atoms with E-state index < -0.39 is 24.7 Å². The van der Waals surface area contributed by atoms with Gasteiger partial charge in [0.2, 0.25) is 0 Å². The van der Waals surface area contributed by atoms with Gasteiger partial charge in [0.1, 0.15) is 29.5 Å². The van der Waals surface area contributed by atoms with Crippen LogP contribution in [0.2, 0.25) is 5.02 Å². The lowest BCUT2D eigenvalue weighted by molar-refractivity contribution is 0.0535. The van der Waals surface area contributed by atoms with Gasteiger partial charge in [0, 0.05) is 23.3 Å². The van der Waals surface area contributed by atoms with Crippen molar-refractivity contribution >= 4 is 39.9 Å². The van der Waals surface area contributed by atoms with Crippen LogP contribution in [0.5, 0.6) is 5.75 Å². The van der Waals surface area contributed by atoms with E-state index in [0.29, 0.717) is 32.9 Å². The number of hydrogen-bond acceptors (Lipinski definition) is 8. The number of hydrogen-bond donors (Lipinski definition) is 5. The fourth-order valence-corrected chi connectivity index (χ4v) is 3.50. The average Bonchev–Trinajstić information content (AvgIpc) is 3.36. The van der Waals surface area contributed by atoms with E-state index in [0.717, 1.165) is 0 Å². The highest BCUT2D eigenvalue weighted by Crippen LogP contribution is 2.37. The van der Waals surface area contributed by atoms with Crippen molar-refractivity contribution in [1.29, 1.82) is 0 Å². The number of fused-ring (bicyclic) bond motifs is 2. The number of amides is 1. The van der Waals surface area contributed by atoms with Crippen molar-refractivity contribution in [3.63, 3.8) is 0 Å². The number of nitrogen functional groups attached to an aromatic ring is 1. The molecule has 162 valence electrons. The molecule has 0 saturated carbocycles. The number of nitrogens with two attached hydrogens (primary N) is 1. The first-order valence-electron chi connectivity index (χ1n) is 9.37. The van der Waals surface area contributed by atoms with Crippen molar-refractivity contribution in [2.45, 2.75) is 19.1 Å². The van der Waals surface area contributed by atoms with Crippen molar-refractivity contribution in [2.75, 3.05) is 18.9 Å². The molecule has 0 aliphatic heterocycles. The number of rotatable bonds is 7. The third-order valence-corrected chi connectivity index (χ3v) is 5.08. The van der Waals surface area contributed by atoms with Crippen LogP contribution >= 0.6 is 11.6 Å². The summed E-state index contributed by atoms with van der Waals surface area (Å²) in [6.07, 6.45) is 3.66. The summed E-state index contributed by atoms with van der Waals surface area (Å²) in [6.45, 7) is 1.13. The number of halogens is 1. The first kappa shape index (κ1) is 20.8. The minimum atomic E-state index is -1.07. The normalized spacial score (nSPS) is 13.4. The number of aromatic amines is 1. The molecule has 3 aromatic heterocycles. The zero-order valence-electron chi connectivity index (χ0n) is 16.4. The Labute approximate surface area is 180 Å². The van der Waals surface area contributed by atoms with Gasteiger partial charge in [-0.05, 0) is 19.1 Å². The first-order chi connectivity index (χ1) is 14.9. The third-order valence-electron chi connectivity index (χ3n) is 4.76. The lowest BCUT2D eigenvalue weighted by Gasteiger charge is -2.20. The number of nitrogens with zero attached hydrogens (tertiary/aromatic N) is 4. The van der Waals surface area contributed by atoms with E-state index in [1.165, 1.54) is 4.52 Å². The SMILES string of the molecule is CC(NC(=O)c1c(N)nn2cccnc12)c1cc(Cl)c2cn[nH]c2c1OCC(O)CO. The number of nitrogens with one attached hydrogen (secondary N) is 2. The number of aromatic nitrogens is 5. The minimum absolute atomic E-state index is 0.0491. The summed E-state index contributed by atoms with van der Waals surface area (Å²) < 4.78 is 7.18. The zero-order valence-corrected chi connectivity index (χ0v) is 17.2. The molecule has 0 spiro atoms. The van der Waals surface area contributed by atoms with E-state index in [4.69, 9.17) is 27.2 Å². The molecule has 0 fully saturated rings. The molecule has 4 rings (SSSR count). The Hall–Kier alpha value is -3.41. The fraction of sp³-hybridized carbons (Fsp3) is 0.263. The van der Waals surface area contributed by atoms with Crippen LogP contribution in [0.15, 0.2) is 30.7 Å². The molecule has 4 aromatic rings. The van der Waals surface area contributed by atoms with E-state index in [1.807, 2.05) is 0 Å². The first-order valence-corrected chi connectivity index (χ1v) is 9.75. The highest BCUT2D eigenvalue weighted by molar-refractivity contribution is 6.35. The number of ether oxygens (including phenoxy) is 1. The number of carbonyl (C=O) groups is 1. The zero-order chi connectivity index (χ0) is 22.1. The van der Waals surface area contributed by atoms with Crippen LogP contribution in [0.3, 0.4) is 0 Å². The van der Waals surface area contributed by atoms with Gasteiger partial charge >= 0.3 is 0 Å². The average molecular weight is 446 g/mol. The van der Waals surface area contributed by atoms with Crippen molar-refractivity contribution in [1.82, 2.24) is 30.1 Å². The van der Waals surface area contributed by atoms with Crippen LogP contribution in [0, 0.1) is 0 Å². The molecule has 2 atom stereocenters. The number of H-pyrrole nitrogens is 1. The summed E-state index contributed by atoms with van der Waals surface area (Å²) >= 11 is 6.39. The summed E-state index contributed by atoms with van der Waals surface area (Å²) in [5.74, 6) is -0.0722. The van der Waals surface area contributed by atoms with Gasteiger partial charge < -0.3 is 26.0 Å². The summed E-state index contributed by atoms with van der Waals surface area (Å²) in [4.78, 5) is 17.2. The molecule has 2 unspecified atom stereocenters. The predicted molar refractivity (Wildman–Crippen MR) is 113 cm³/mol. The number of benzene rings is 1. The van der Waals surface area contributed by atoms with Gasteiger partial charge in [0.15, 0.2) is 11.5 Å². The maximum Gasteiger partial charge on any atom is 0.259 e. The van der Waals surface area contributed by atoms with E-state index in [-0.39, 0.29) is 18.0 Å². The molecule has 0 saturated heterocycles. The number of carbonyl (C=O) groups excluding carboxylic acids is 1. The van der Waals surface area contributed by atoms with Gasteiger partial charge in [0.05, 0.1) is 23.9 Å². The second kappa shape index (κ2) is 8.38. The molecule has 3 heterocycles. The van der Waals surface area contributed by atoms with Gasteiger partial charge in [-0.1, -0.05) is 11.6 Å². The van der Waals surface area contributed by atoms with Crippen molar-refractivity contribution in [2.24, 2.45) is 0 Å². The Morgan fingerprint density at radius 2 is 2.29 bits per heavy atom. The summed E-state index contributed by atoms with van der Waals surface area (Å²) in [5.41, 5.74) is 7.47. The largest absolute Gasteiger partial charge is 0.488 e. The Kier molecular flexibility index (Phi) is 5.63. The Bertz CT molecular complexity index is 1250. The molecule has 0 aliphatic rings. The van der Waals surface area contributed by atoms with E-state index in [1.54, 1.807) is 37.6 Å². The second-order valence-electron chi connectivity index (χ2n) is 6.93. The monoisotopic (exact) mass is 445 g/mol. The van der Waals surface area contributed by atoms with Crippen molar-refractivity contribution in [3.05, 3.63) is 46.9 Å². The fourth-order valence-electron chi connectivity index (χ4n) is 3.24. The Morgan fingerprint density at radius 1 is 1.48 bits per heavy atom. The summed E-state index contributed by atoms with van der Waals surface area (Å²) in [6, 6.07) is 2.76. The van der Waals surface area contributed by atoms with E-state index in [2.05, 4.69) is 25.6 Å². The standard InChI is InChI=1S/C19H20ClN7O4/c1-9(24-19(30)14-17(21)26-27-4-2-3-22-18(14)27)11-5-13(20)12-6-23-25-15(12)16(11)31-8-10(29)7-28/h2-6,9-10,28-29H,7-8H2,1H3,(H2,21,26)(H,23,25)(H,24,30). The maximum absolute atomic E-state index is 13.0. The maximum atomic E-state index is 13.0. The topological polar surface area (TPSA) is 164 Å². The highest BCUT2D eigenvalue weighted by Gasteiger charge is 2.24. The molecule has 1 amide bonds. The lowest BCUT2D eigenvalue weighted by atomic mass is 10.0. The van der Waals surface area contributed by atoms with Crippen LogP contribution in [-0.2, 0) is 0 Å². The Balaban J connectivity index is 1.69. The number of anilines is 1. The van der Waals surface area contributed by atoms with Gasteiger partial charge in [-0.3, -0.25) is 9.89 Å². The van der Waals surface area contributed by atoms with Gasteiger partial charge in [0.25, 0.3) is 5.91 Å². The van der Waals surface area contributed by atoms with Gasteiger partial charge in [-0.15, -0.1) is 5.10 Å². The highest BCUT2D eigenvalue weighted by atomic mass is 35.5. The second-order valence-corrected chi connectivity index (χ2v) is 7.33. The van der Waals surface area contributed by atoms with Gasteiger partial charge in [-0.25, -0.2) is 9.50 Å². The van der Waals surface area contributed by atoms with Crippen LogP contribution < -0.4 is 15.8 Å². The van der Waals surface area contributed by atoms with Crippen molar-refractivity contribution in [3.8, 4) is 5.75 Å². The third kappa shape index (κ3) is 3.85. The van der Waals surface area contributed by atoms with Gasteiger partial charge in [-0.2, -0.15) is 5.10 Å². The molecule has 0 bridgehead atoms. The molecule has 11 nitrogen and oxygen atoms in total. The molecule has 12 heteroatoms. The molecular weight excluding hydrogens is 426 g/mol. The smallest absolute Gasteiger partial charge is 0.259 e.